The third-order valence-electron chi connectivity index (χ3n) is 3.46. The first-order valence-electron chi connectivity index (χ1n) is 7.12. The molecule has 0 saturated heterocycles. The molecular formula is C14H30O5. The van der Waals surface area contributed by atoms with Gasteiger partial charge in [-0.3, -0.25) is 0 Å². The van der Waals surface area contributed by atoms with Gasteiger partial charge in [0.1, 0.15) is 0 Å². The van der Waals surface area contributed by atoms with Crippen molar-refractivity contribution in [2.24, 2.45) is 5.41 Å². The summed E-state index contributed by atoms with van der Waals surface area (Å²) in [4.78, 5) is 0. The molecule has 1 aliphatic carbocycles. The molecule has 2 atom stereocenters. The predicted octanol–water partition coefficient (Wildman–Crippen LogP) is 0.686. The van der Waals surface area contributed by atoms with Crippen LogP contribution in [0, 0.1) is 5.41 Å². The predicted molar refractivity (Wildman–Crippen MR) is 73.9 cm³/mol. The SMILES string of the molecule is CC(O)COC(C)CO.OCC1(CO)CCCCC1. The molecule has 0 aromatic carbocycles. The van der Waals surface area contributed by atoms with Crippen molar-refractivity contribution in [1.29, 1.82) is 0 Å². The van der Waals surface area contributed by atoms with Crippen LogP contribution in [0.3, 0.4) is 0 Å². The second-order valence-electron chi connectivity index (χ2n) is 5.55. The van der Waals surface area contributed by atoms with E-state index in [4.69, 9.17) is 25.2 Å². The van der Waals surface area contributed by atoms with Gasteiger partial charge < -0.3 is 25.2 Å². The molecule has 116 valence electrons. The number of hydrogen-bond acceptors (Lipinski definition) is 5. The summed E-state index contributed by atoms with van der Waals surface area (Å²) in [5.41, 5.74) is -0.127. The minimum absolute atomic E-state index is 0.00667. The van der Waals surface area contributed by atoms with E-state index in [0.717, 1.165) is 12.8 Å². The van der Waals surface area contributed by atoms with Crippen LogP contribution in [0.15, 0.2) is 0 Å². The molecule has 4 N–H and O–H groups in total. The number of ether oxygens (including phenoxy) is 1. The van der Waals surface area contributed by atoms with Gasteiger partial charge in [0, 0.05) is 5.41 Å². The Balaban J connectivity index is 0.000000344. The van der Waals surface area contributed by atoms with Gasteiger partial charge in [0.2, 0.25) is 0 Å². The Kier molecular flexibility index (Phi) is 10.5. The molecular weight excluding hydrogens is 248 g/mol. The van der Waals surface area contributed by atoms with Gasteiger partial charge in [-0.05, 0) is 26.7 Å². The van der Waals surface area contributed by atoms with Crippen LogP contribution in [0.25, 0.3) is 0 Å². The van der Waals surface area contributed by atoms with Crippen molar-refractivity contribution >= 4 is 0 Å². The number of aliphatic hydroxyl groups excluding tert-OH is 4. The second kappa shape index (κ2) is 10.6. The lowest BCUT2D eigenvalue weighted by Gasteiger charge is -2.33. The zero-order valence-electron chi connectivity index (χ0n) is 12.2. The molecule has 5 heteroatoms. The molecule has 0 heterocycles. The van der Waals surface area contributed by atoms with Crippen molar-refractivity contribution in [3.05, 3.63) is 0 Å². The average molecular weight is 278 g/mol. The first kappa shape index (κ1) is 18.8. The third-order valence-corrected chi connectivity index (χ3v) is 3.46. The minimum Gasteiger partial charge on any atom is -0.396 e. The fourth-order valence-corrected chi connectivity index (χ4v) is 2.02. The quantitative estimate of drug-likeness (QED) is 0.574. The van der Waals surface area contributed by atoms with Gasteiger partial charge in [-0.2, -0.15) is 0 Å². The minimum atomic E-state index is -0.445. The summed E-state index contributed by atoms with van der Waals surface area (Å²) in [6, 6.07) is 0. The van der Waals surface area contributed by atoms with Gasteiger partial charge in [0.05, 0.1) is 38.6 Å². The summed E-state index contributed by atoms with van der Waals surface area (Å²) in [6.45, 7) is 4.01. The van der Waals surface area contributed by atoms with Crippen LogP contribution < -0.4 is 0 Å². The van der Waals surface area contributed by atoms with Gasteiger partial charge in [-0.25, -0.2) is 0 Å². The molecule has 0 aliphatic heterocycles. The van der Waals surface area contributed by atoms with E-state index in [0.29, 0.717) is 6.61 Å². The van der Waals surface area contributed by atoms with Crippen LogP contribution in [0.5, 0.6) is 0 Å². The summed E-state index contributed by atoms with van der Waals surface area (Å²) in [5, 5.41) is 35.1. The van der Waals surface area contributed by atoms with Crippen LogP contribution in [0.2, 0.25) is 0 Å². The fraction of sp³-hybridized carbons (Fsp3) is 1.00. The Morgan fingerprint density at radius 2 is 1.53 bits per heavy atom. The molecule has 5 nitrogen and oxygen atoms in total. The van der Waals surface area contributed by atoms with Gasteiger partial charge in [0.25, 0.3) is 0 Å². The van der Waals surface area contributed by atoms with Gasteiger partial charge in [0.15, 0.2) is 0 Å². The monoisotopic (exact) mass is 278 g/mol. The van der Waals surface area contributed by atoms with Crippen LogP contribution in [-0.4, -0.2) is 59.1 Å². The highest BCUT2D eigenvalue weighted by Crippen LogP contribution is 2.34. The van der Waals surface area contributed by atoms with Gasteiger partial charge >= 0.3 is 0 Å². The van der Waals surface area contributed by atoms with Crippen LogP contribution in [0.1, 0.15) is 46.0 Å². The van der Waals surface area contributed by atoms with Crippen LogP contribution >= 0.6 is 0 Å². The highest BCUT2D eigenvalue weighted by atomic mass is 16.5. The lowest BCUT2D eigenvalue weighted by atomic mass is 9.75. The number of hydrogen-bond donors (Lipinski definition) is 4. The van der Waals surface area contributed by atoms with Crippen molar-refractivity contribution in [2.75, 3.05) is 26.4 Å². The summed E-state index contributed by atoms with van der Waals surface area (Å²) in [6.07, 6.45) is 4.99. The number of aliphatic hydroxyl groups is 4. The topological polar surface area (TPSA) is 90.2 Å². The van der Waals surface area contributed by atoms with Gasteiger partial charge in [-0.1, -0.05) is 19.3 Å². The Labute approximate surface area is 116 Å². The van der Waals surface area contributed by atoms with E-state index >= 15 is 0 Å². The van der Waals surface area contributed by atoms with E-state index in [1.54, 1.807) is 13.8 Å². The van der Waals surface area contributed by atoms with Gasteiger partial charge in [-0.15, -0.1) is 0 Å². The zero-order valence-corrected chi connectivity index (χ0v) is 12.2. The summed E-state index contributed by atoms with van der Waals surface area (Å²) < 4.78 is 4.95. The molecule has 1 fully saturated rings. The molecule has 1 rings (SSSR count). The fourth-order valence-electron chi connectivity index (χ4n) is 2.02. The standard InChI is InChI=1S/C8H16O2.C6H14O3/c9-6-8(7-10)4-2-1-3-5-8;1-5(8)4-9-6(2)3-7/h9-10H,1-7H2;5-8H,3-4H2,1-2H3. The maximum absolute atomic E-state index is 8.98. The van der Waals surface area contributed by atoms with Crippen molar-refractivity contribution in [2.45, 2.75) is 58.2 Å². The molecule has 0 spiro atoms. The van der Waals surface area contributed by atoms with E-state index in [2.05, 4.69) is 0 Å². The molecule has 0 radical (unpaired) electrons. The lowest BCUT2D eigenvalue weighted by Crippen LogP contribution is -2.31. The lowest BCUT2D eigenvalue weighted by molar-refractivity contribution is -0.0177. The van der Waals surface area contributed by atoms with E-state index in [1.165, 1.54) is 19.3 Å². The molecule has 0 amide bonds. The maximum Gasteiger partial charge on any atom is 0.0779 e. The first-order chi connectivity index (χ1) is 8.99. The molecule has 0 aromatic rings. The first-order valence-corrected chi connectivity index (χ1v) is 7.12. The summed E-state index contributed by atoms with van der Waals surface area (Å²) in [7, 11) is 0. The Morgan fingerprint density at radius 3 is 1.84 bits per heavy atom. The van der Waals surface area contributed by atoms with Crippen LogP contribution in [-0.2, 0) is 4.74 Å². The highest BCUT2D eigenvalue weighted by molar-refractivity contribution is 4.81. The molecule has 0 aromatic heterocycles. The molecule has 19 heavy (non-hydrogen) atoms. The van der Waals surface area contributed by atoms with Crippen molar-refractivity contribution < 1.29 is 25.2 Å². The average Bonchev–Trinajstić information content (AvgIpc) is 2.46. The molecule has 1 aliphatic rings. The van der Waals surface area contributed by atoms with E-state index < -0.39 is 6.10 Å². The zero-order chi connectivity index (χ0) is 14.7. The smallest absolute Gasteiger partial charge is 0.0779 e. The van der Waals surface area contributed by atoms with E-state index in [1.807, 2.05) is 0 Å². The maximum atomic E-state index is 8.98. The highest BCUT2D eigenvalue weighted by Gasteiger charge is 2.30. The normalized spacial score (nSPS) is 21.2. The summed E-state index contributed by atoms with van der Waals surface area (Å²) >= 11 is 0. The molecule has 2 unspecified atom stereocenters. The van der Waals surface area contributed by atoms with Crippen LogP contribution in [0.4, 0.5) is 0 Å². The van der Waals surface area contributed by atoms with Crippen molar-refractivity contribution in [1.82, 2.24) is 0 Å². The number of rotatable bonds is 6. The third kappa shape index (κ3) is 8.55. The largest absolute Gasteiger partial charge is 0.396 e. The molecule has 1 saturated carbocycles. The Bertz CT molecular complexity index is 196. The Morgan fingerprint density at radius 1 is 1.00 bits per heavy atom. The van der Waals surface area contributed by atoms with E-state index in [-0.39, 0.29) is 31.3 Å². The summed E-state index contributed by atoms with van der Waals surface area (Å²) in [5.74, 6) is 0. The molecule has 0 bridgehead atoms. The van der Waals surface area contributed by atoms with Crippen molar-refractivity contribution in [3.8, 4) is 0 Å². The second-order valence-corrected chi connectivity index (χ2v) is 5.55. The van der Waals surface area contributed by atoms with E-state index in [9.17, 15) is 0 Å². The Hall–Kier alpha value is -0.200. The van der Waals surface area contributed by atoms with Crippen molar-refractivity contribution in [3.63, 3.8) is 0 Å².